The average Bonchev–Trinajstić information content (AvgIpc) is 3.14. The van der Waals surface area contributed by atoms with E-state index in [-0.39, 0.29) is 23.6 Å². The highest BCUT2D eigenvalue weighted by molar-refractivity contribution is 5.98. The van der Waals surface area contributed by atoms with Crippen LogP contribution in [0.25, 0.3) is 0 Å². The lowest BCUT2D eigenvalue weighted by molar-refractivity contribution is -0.144. The van der Waals surface area contributed by atoms with Gasteiger partial charge in [-0.05, 0) is 30.4 Å². The third-order valence-electron chi connectivity index (χ3n) is 4.92. The predicted molar refractivity (Wildman–Crippen MR) is 102 cm³/mol. The number of allylic oxidation sites excluding steroid dienone is 1. The number of carbonyl (C=O) groups excluding carboxylic acids is 2. The molecular formula is C23H24O3. The maximum Gasteiger partial charge on any atom is 0.303 e. The predicted octanol–water partition coefficient (Wildman–Crippen LogP) is 5.15. The summed E-state index contributed by atoms with van der Waals surface area (Å²) in [4.78, 5) is 24.3. The molecule has 1 aliphatic rings. The Morgan fingerprint density at radius 2 is 1.65 bits per heavy atom. The summed E-state index contributed by atoms with van der Waals surface area (Å²) < 4.78 is 5.47. The summed E-state index contributed by atoms with van der Waals surface area (Å²) in [7, 11) is 0. The molecule has 1 unspecified atom stereocenters. The van der Waals surface area contributed by atoms with Gasteiger partial charge < -0.3 is 4.74 Å². The molecule has 0 aromatic heterocycles. The molecule has 0 radical (unpaired) electrons. The zero-order valence-electron chi connectivity index (χ0n) is 15.0. The number of rotatable bonds is 6. The van der Waals surface area contributed by atoms with Gasteiger partial charge in [0.2, 0.25) is 0 Å². The van der Waals surface area contributed by atoms with E-state index in [2.05, 4.69) is 6.08 Å². The van der Waals surface area contributed by atoms with Crippen LogP contribution in [-0.2, 0) is 9.53 Å². The van der Waals surface area contributed by atoms with Crippen molar-refractivity contribution in [3.05, 3.63) is 83.9 Å². The van der Waals surface area contributed by atoms with Gasteiger partial charge in [-0.2, -0.15) is 0 Å². The summed E-state index contributed by atoms with van der Waals surface area (Å²) in [5, 5.41) is 0. The molecule has 3 rings (SSSR count). The minimum atomic E-state index is -0.415. The van der Waals surface area contributed by atoms with Gasteiger partial charge in [-0.3, -0.25) is 9.59 Å². The van der Waals surface area contributed by atoms with E-state index in [9.17, 15) is 9.59 Å². The number of ether oxygens (including phenoxy) is 1. The lowest BCUT2D eigenvalue weighted by Crippen LogP contribution is -2.18. The summed E-state index contributed by atoms with van der Waals surface area (Å²) in [6.07, 6.45) is 6.52. The number of ketones is 1. The Morgan fingerprint density at radius 3 is 2.31 bits per heavy atom. The lowest BCUT2D eigenvalue weighted by atomic mass is 9.87. The van der Waals surface area contributed by atoms with Crippen molar-refractivity contribution >= 4 is 11.8 Å². The minimum absolute atomic E-state index is 0.00222. The SMILES string of the molecule is CC(=O)OC(/C=C/[C@H]1CCC[C@@H]1C(=O)c1ccccc1)c1ccccc1. The minimum Gasteiger partial charge on any atom is -0.453 e. The summed E-state index contributed by atoms with van der Waals surface area (Å²) in [5.74, 6) is 0.0835. The Balaban J connectivity index is 1.76. The Hall–Kier alpha value is -2.68. The first-order chi connectivity index (χ1) is 12.6. The topological polar surface area (TPSA) is 43.4 Å². The summed E-state index contributed by atoms with van der Waals surface area (Å²) >= 11 is 0. The van der Waals surface area contributed by atoms with Gasteiger partial charge in [-0.1, -0.05) is 73.2 Å². The van der Waals surface area contributed by atoms with E-state index in [1.165, 1.54) is 6.92 Å². The first-order valence-corrected chi connectivity index (χ1v) is 9.15. The van der Waals surface area contributed by atoms with E-state index in [1.807, 2.05) is 66.7 Å². The summed E-state index contributed by atoms with van der Waals surface area (Å²) in [6, 6.07) is 19.2. The molecule has 0 N–H and O–H groups in total. The van der Waals surface area contributed by atoms with E-state index in [0.717, 1.165) is 30.4 Å². The number of carbonyl (C=O) groups is 2. The molecule has 0 aliphatic heterocycles. The largest absolute Gasteiger partial charge is 0.453 e. The van der Waals surface area contributed by atoms with E-state index in [1.54, 1.807) is 0 Å². The molecule has 0 bridgehead atoms. The third-order valence-corrected chi connectivity index (χ3v) is 4.92. The first kappa shape index (κ1) is 18.1. The second kappa shape index (κ2) is 8.61. The monoisotopic (exact) mass is 348 g/mol. The van der Waals surface area contributed by atoms with Gasteiger partial charge in [-0.25, -0.2) is 0 Å². The molecule has 3 heteroatoms. The maximum atomic E-state index is 12.8. The van der Waals surface area contributed by atoms with Crippen molar-refractivity contribution in [3.63, 3.8) is 0 Å². The van der Waals surface area contributed by atoms with Crippen LogP contribution in [0.5, 0.6) is 0 Å². The highest BCUT2D eigenvalue weighted by atomic mass is 16.5. The third kappa shape index (κ3) is 4.48. The fraction of sp³-hybridized carbons (Fsp3) is 0.304. The number of benzene rings is 2. The first-order valence-electron chi connectivity index (χ1n) is 9.15. The number of hydrogen-bond donors (Lipinski definition) is 0. The Morgan fingerprint density at radius 1 is 1.00 bits per heavy atom. The van der Waals surface area contributed by atoms with E-state index in [0.29, 0.717) is 0 Å². The number of Topliss-reactive ketones (excluding diaryl/α,β-unsaturated/α-hetero) is 1. The number of hydrogen-bond acceptors (Lipinski definition) is 3. The Kier molecular flexibility index (Phi) is 6.00. The Bertz CT molecular complexity index is 765. The van der Waals surface area contributed by atoms with Crippen LogP contribution in [0.4, 0.5) is 0 Å². The van der Waals surface area contributed by atoms with Crippen LogP contribution in [0.3, 0.4) is 0 Å². The molecule has 2 aromatic carbocycles. The molecule has 0 heterocycles. The molecule has 1 saturated carbocycles. The quantitative estimate of drug-likeness (QED) is 0.412. The van der Waals surface area contributed by atoms with Crippen LogP contribution in [0.1, 0.15) is 48.2 Å². The van der Waals surface area contributed by atoms with Crippen molar-refractivity contribution in [2.45, 2.75) is 32.3 Å². The van der Waals surface area contributed by atoms with Crippen molar-refractivity contribution in [2.24, 2.45) is 11.8 Å². The average molecular weight is 348 g/mol. The standard InChI is InChI=1S/C23H24O3/c1-17(24)26-22(19-9-4-2-5-10-19)16-15-18-13-8-14-21(18)23(25)20-11-6-3-7-12-20/h2-7,9-12,15-16,18,21-22H,8,13-14H2,1H3/b16-15+/t18-,21+,22?/m1/s1. The van der Waals surface area contributed by atoms with Crippen molar-refractivity contribution in [2.75, 3.05) is 0 Å². The van der Waals surface area contributed by atoms with E-state index in [4.69, 9.17) is 4.74 Å². The van der Waals surface area contributed by atoms with E-state index < -0.39 is 6.10 Å². The van der Waals surface area contributed by atoms with Crippen LogP contribution in [0.15, 0.2) is 72.8 Å². The molecule has 26 heavy (non-hydrogen) atoms. The number of esters is 1. The van der Waals surface area contributed by atoms with Crippen LogP contribution >= 0.6 is 0 Å². The second-order valence-electron chi connectivity index (χ2n) is 6.76. The molecular weight excluding hydrogens is 324 g/mol. The fourth-order valence-electron chi connectivity index (χ4n) is 3.64. The molecule has 134 valence electrons. The van der Waals surface area contributed by atoms with Gasteiger partial charge >= 0.3 is 5.97 Å². The molecule has 0 amide bonds. The zero-order chi connectivity index (χ0) is 18.4. The normalized spacial score (nSPS) is 20.8. The molecule has 1 fully saturated rings. The lowest BCUT2D eigenvalue weighted by Gasteiger charge is -2.17. The van der Waals surface area contributed by atoms with Gasteiger partial charge in [0.05, 0.1) is 0 Å². The highest BCUT2D eigenvalue weighted by Crippen LogP contribution is 2.36. The van der Waals surface area contributed by atoms with Crippen LogP contribution in [0, 0.1) is 11.8 Å². The molecule has 0 saturated heterocycles. The zero-order valence-corrected chi connectivity index (χ0v) is 15.0. The van der Waals surface area contributed by atoms with Crippen molar-refractivity contribution in [1.29, 1.82) is 0 Å². The molecule has 1 aliphatic carbocycles. The van der Waals surface area contributed by atoms with Gasteiger partial charge in [-0.15, -0.1) is 0 Å². The van der Waals surface area contributed by atoms with E-state index >= 15 is 0 Å². The molecule has 3 atom stereocenters. The summed E-state index contributed by atoms with van der Waals surface area (Å²) in [6.45, 7) is 1.42. The van der Waals surface area contributed by atoms with Gasteiger partial charge in [0.1, 0.15) is 6.10 Å². The van der Waals surface area contributed by atoms with Gasteiger partial charge in [0.25, 0.3) is 0 Å². The van der Waals surface area contributed by atoms with Gasteiger partial charge in [0, 0.05) is 18.4 Å². The van der Waals surface area contributed by atoms with Crippen LogP contribution in [-0.4, -0.2) is 11.8 Å². The molecule has 0 spiro atoms. The Labute approximate surface area is 154 Å². The maximum absolute atomic E-state index is 12.8. The van der Waals surface area contributed by atoms with Gasteiger partial charge in [0.15, 0.2) is 5.78 Å². The van der Waals surface area contributed by atoms with Crippen molar-refractivity contribution in [3.8, 4) is 0 Å². The highest BCUT2D eigenvalue weighted by Gasteiger charge is 2.32. The van der Waals surface area contributed by atoms with Crippen LogP contribution in [0.2, 0.25) is 0 Å². The molecule has 3 nitrogen and oxygen atoms in total. The fourth-order valence-corrected chi connectivity index (χ4v) is 3.64. The van der Waals surface area contributed by atoms with Crippen molar-refractivity contribution in [1.82, 2.24) is 0 Å². The smallest absolute Gasteiger partial charge is 0.303 e. The second-order valence-corrected chi connectivity index (χ2v) is 6.76. The van der Waals surface area contributed by atoms with Crippen molar-refractivity contribution < 1.29 is 14.3 Å². The molecule has 2 aromatic rings. The van der Waals surface area contributed by atoms with Crippen LogP contribution < -0.4 is 0 Å². The summed E-state index contributed by atoms with van der Waals surface area (Å²) in [5.41, 5.74) is 1.71.